The minimum Gasteiger partial charge on any atom is -0.504 e. The van der Waals surface area contributed by atoms with Crippen molar-refractivity contribution in [2.45, 2.75) is 12.8 Å². The van der Waals surface area contributed by atoms with Crippen molar-refractivity contribution in [3.05, 3.63) is 23.8 Å². The maximum Gasteiger partial charge on any atom is 0.217 e. The number of aryl methyl sites for hydroxylation is 1. The summed E-state index contributed by atoms with van der Waals surface area (Å²) in [6.07, 6.45) is 0.861. The Morgan fingerprint density at radius 2 is 2.29 bits per heavy atom. The fourth-order valence-electron chi connectivity index (χ4n) is 1.15. The van der Waals surface area contributed by atoms with Crippen molar-refractivity contribution in [3.63, 3.8) is 0 Å². The van der Waals surface area contributed by atoms with E-state index in [4.69, 9.17) is 10.5 Å². The summed E-state index contributed by atoms with van der Waals surface area (Å²) in [4.78, 5) is 10.5. The average molecular weight is 195 g/mol. The summed E-state index contributed by atoms with van der Waals surface area (Å²) in [6.45, 7) is 0. The minimum absolute atomic E-state index is 0.0929. The monoisotopic (exact) mass is 195 g/mol. The number of primary amides is 1. The Morgan fingerprint density at radius 1 is 1.57 bits per heavy atom. The number of hydrogen-bond acceptors (Lipinski definition) is 3. The fourth-order valence-corrected chi connectivity index (χ4v) is 1.15. The highest BCUT2D eigenvalue weighted by Crippen LogP contribution is 2.26. The third kappa shape index (κ3) is 2.65. The van der Waals surface area contributed by atoms with E-state index < -0.39 is 0 Å². The Kier molecular flexibility index (Phi) is 3.34. The van der Waals surface area contributed by atoms with Crippen molar-refractivity contribution < 1.29 is 14.6 Å². The Morgan fingerprint density at radius 3 is 2.86 bits per heavy atom. The third-order valence-electron chi connectivity index (χ3n) is 1.90. The number of phenolic OH excluding ortho intramolecular Hbond substituents is 1. The Hall–Kier alpha value is -1.71. The number of phenols is 1. The molecule has 0 radical (unpaired) electrons. The van der Waals surface area contributed by atoms with Gasteiger partial charge in [0, 0.05) is 6.42 Å². The lowest BCUT2D eigenvalue weighted by Crippen LogP contribution is -2.11. The number of amides is 1. The molecule has 0 fully saturated rings. The second-order valence-corrected chi connectivity index (χ2v) is 2.97. The van der Waals surface area contributed by atoms with Gasteiger partial charge in [-0.2, -0.15) is 0 Å². The summed E-state index contributed by atoms with van der Waals surface area (Å²) in [6, 6.07) is 4.97. The molecule has 0 heterocycles. The summed E-state index contributed by atoms with van der Waals surface area (Å²) in [7, 11) is 1.48. The molecule has 0 aliphatic rings. The average Bonchev–Trinajstić information content (AvgIpc) is 2.16. The van der Waals surface area contributed by atoms with Crippen molar-refractivity contribution in [1.82, 2.24) is 0 Å². The number of rotatable bonds is 4. The van der Waals surface area contributed by atoms with Crippen LogP contribution < -0.4 is 10.5 Å². The SMILES string of the molecule is COc1cc(CCC(N)=O)ccc1O. The summed E-state index contributed by atoms with van der Waals surface area (Å²) < 4.78 is 4.93. The van der Waals surface area contributed by atoms with Crippen LogP contribution in [0, 0.1) is 0 Å². The van der Waals surface area contributed by atoms with Gasteiger partial charge in [-0.3, -0.25) is 4.79 Å². The van der Waals surface area contributed by atoms with E-state index in [1.54, 1.807) is 12.1 Å². The molecule has 0 unspecified atom stereocenters. The summed E-state index contributed by atoms with van der Waals surface area (Å²) in [5.74, 6) is 0.166. The van der Waals surface area contributed by atoms with Crippen LogP contribution >= 0.6 is 0 Å². The van der Waals surface area contributed by atoms with Gasteiger partial charge in [-0.05, 0) is 24.1 Å². The van der Waals surface area contributed by atoms with E-state index in [1.807, 2.05) is 0 Å². The van der Waals surface area contributed by atoms with E-state index in [2.05, 4.69) is 0 Å². The van der Waals surface area contributed by atoms with Crippen LogP contribution in [0.1, 0.15) is 12.0 Å². The first-order valence-electron chi connectivity index (χ1n) is 4.27. The van der Waals surface area contributed by atoms with Gasteiger partial charge in [0.1, 0.15) is 0 Å². The van der Waals surface area contributed by atoms with Crippen LogP contribution in [0.15, 0.2) is 18.2 Å². The van der Waals surface area contributed by atoms with Crippen LogP contribution in [0.25, 0.3) is 0 Å². The molecule has 1 rings (SSSR count). The number of nitrogens with two attached hydrogens (primary N) is 1. The number of methoxy groups -OCH3 is 1. The molecule has 1 amide bonds. The second-order valence-electron chi connectivity index (χ2n) is 2.97. The molecule has 0 aliphatic heterocycles. The molecule has 1 aromatic carbocycles. The van der Waals surface area contributed by atoms with E-state index in [9.17, 15) is 9.90 Å². The second kappa shape index (κ2) is 4.50. The first kappa shape index (κ1) is 10.4. The van der Waals surface area contributed by atoms with E-state index in [-0.39, 0.29) is 11.7 Å². The Bertz CT molecular complexity index is 336. The molecule has 4 nitrogen and oxygen atoms in total. The van der Waals surface area contributed by atoms with Crippen LogP contribution in [-0.2, 0) is 11.2 Å². The zero-order chi connectivity index (χ0) is 10.6. The largest absolute Gasteiger partial charge is 0.504 e. The molecule has 76 valence electrons. The van der Waals surface area contributed by atoms with Gasteiger partial charge in [0.25, 0.3) is 0 Å². The van der Waals surface area contributed by atoms with Crippen LogP contribution in [0.3, 0.4) is 0 Å². The van der Waals surface area contributed by atoms with Crippen LogP contribution in [0.2, 0.25) is 0 Å². The van der Waals surface area contributed by atoms with Gasteiger partial charge in [-0.25, -0.2) is 0 Å². The topological polar surface area (TPSA) is 72.5 Å². The number of benzene rings is 1. The molecule has 14 heavy (non-hydrogen) atoms. The lowest BCUT2D eigenvalue weighted by atomic mass is 10.1. The smallest absolute Gasteiger partial charge is 0.217 e. The van der Waals surface area contributed by atoms with Crippen molar-refractivity contribution in [3.8, 4) is 11.5 Å². The highest BCUT2D eigenvalue weighted by molar-refractivity contribution is 5.74. The first-order valence-corrected chi connectivity index (χ1v) is 4.27. The Balaban J connectivity index is 2.74. The minimum atomic E-state index is -0.336. The van der Waals surface area contributed by atoms with Gasteiger partial charge in [-0.1, -0.05) is 6.07 Å². The number of hydrogen-bond donors (Lipinski definition) is 2. The van der Waals surface area contributed by atoms with Crippen LogP contribution in [0.4, 0.5) is 0 Å². The van der Waals surface area contributed by atoms with Crippen LogP contribution in [-0.4, -0.2) is 18.1 Å². The van der Waals surface area contributed by atoms with Gasteiger partial charge in [0.15, 0.2) is 11.5 Å². The number of carbonyl (C=O) groups is 1. The summed E-state index contributed by atoms with van der Waals surface area (Å²) >= 11 is 0. The zero-order valence-electron chi connectivity index (χ0n) is 7.99. The molecule has 1 aromatic rings. The number of ether oxygens (including phenoxy) is 1. The van der Waals surface area contributed by atoms with Crippen LogP contribution in [0.5, 0.6) is 11.5 Å². The molecular formula is C10H13NO3. The summed E-state index contributed by atoms with van der Waals surface area (Å²) in [5.41, 5.74) is 5.94. The number of carbonyl (C=O) groups excluding carboxylic acids is 1. The van der Waals surface area contributed by atoms with Gasteiger partial charge >= 0.3 is 0 Å². The van der Waals surface area contributed by atoms with E-state index in [0.29, 0.717) is 18.6 Å². The number of aromatic hydroxyl groups is 1. The van der Waals surface area contributed by atoms with Crippen molar-refractivity contribution in [2.75, 3.05) is 7.11 Å². The highest BCUT2D eigenvalue weighted by atomic mass is 16.5. The lowest BCUT2D eigenvalue weighted by Gasteiger charge is -2.05. The van der Waals surface area contributed by atoms with Crippen molar-refractivity contribution >= 4 is 5.91 Å². The molecule has 0 atom stereocenters. The standard InChI is InChI=1S/C10H13NO3/c1-14-9-6-7(2-4-8(9)12)3-5-10(11)13/h2,4,6,12H,3,5H2,1H3,(H2,11,13). The zero-order valence-corrected chi connectivity index (χ0v) is 7.99. The molecule has 0 aromatic heterocycles. The van der Waals surface area contributed by atoms with Gasteiger partial charge in [-0.15, -0.1) is 0 Å². The third-order valence-corrected chi connectivity index (χ3v) is 1.90. The fraction of sp³-hybridized carbons (Fsp3) is 0.300. The highest BCUT2D eigenvalue weighted by Gasteiger charge is 2.03. The predicted octanol–water partition coefficient (Wildman–Crippen LogP) is 0.819. The molecule has 0 spiro atoms. The molecule has 0 saturated heterocycles. The van der Waals surface area contributed by atoms with Gasteiger partial charge in [0.2, 0.25) is 5.91 Å². The van der Waals surface area contributed by atoms with E-state index in [0.717, 1.165) is 5.56 Å². The predicted molar refractivity (Wildman–Crippen MR) is 52.2 cm³/mol. The lowest BCUT2D eigenvalue weighted by molar-refractivity contribution is -0.117. The van der Waals surface area contributed by atoms with Crippen molar-refractivity contribution in [2.24, 2.45) is 5.73 Å². The van der Waals surface area contributed by atoms with E-state index >= 15 is 0 Å². The Labute approximate surface area is 82.3 Å². The maximum absolute atomic E-state index is 10.5. The molecule has 0 saturated carbocycles. The maximum atomic E-state index is 10.5. The van der Waals surface area contributed by atoms with Gasteiger partial charge < -0.3 is 15.6 Å². The molecular weight excluding hydrogens is 182 g/mol. The first-order chi connectivity index (χ1) is 6.63. The molecule has 3 N–H and O–H groups in total. The van der Waals surface area contributed by atoms with E-state index in [1.165, 1.54) is 13.2 Å². The van der Waals surface area contributed by atoms with Gasteiger partial charge in [0.05, 0.1) is 7.11 Å². The van der Waals surface area contributed by atoms with Crippen molar-refractivity contribution in [1.29, 1.82) is 0 Å². The normalized spacial score (nSPS) is 9.79. The molecule has 0 bridgehead atoms. The summed E-state index contributed by atoms with van der Waals surface area (Å²) in [5, 5.41) is 9.30. The molecule has 4 heteroatoms. The molecule has 0 aliphatic carbocycles. The quantitative estimate of drug-likeness (QED) is 0.747.